The number of carbonyl (C=O) groups is 1. The van der Waals surface area contributed by atoms with Crippen molar-refractivity contribution in [3.05, 3.63) is 18.0 Å². The lowest BCUT2D eigenvalue weighted by Crippen LogP contribution is -2.36. The van der Waals surface area contributed by atoms with Gasteiger partial charge in [-0.25, -0.2) is 14.8 Å². The summed E-state index contributed by atoms with van der Waals surface area (Å²) in [5.41, 5.74) is 5.16. The zero-order chi connectivity index (χ0) is 15.4. The van der Waals surface area contributed by atoms with Crippen molar-refractivity contribution in [2.45, 2.75) is 38.7 Å². The van der Waals surface area contributed by atoms with E-state index < -0.39 is 17.1 Å². The van der Waals surface area contributed by atoms with Crippen LogP contribution < -0.4 is 11.1 Å². The first kappa shape index (κ1) is 16.3. The van der Waals surface area contributed by atoms with Gasteiger partial charge in [0.25, 0.3) is 0 Å². The number of nitrogens with zero attached hydrogens (tertiary/aromatic N) is 2. The van der Waals surface area contributed by atoms with Crippen LogP contribution >= 0.6 is 0 Å². The first-order valence-electron chi connectivity index (χ1n) is 6.33. The highest BCUT2D eigenvalue weighted by Gasteiger charge is 2.25. The van der Waals surface area contributed by atoms with E-state index in [-0.39, 0.29) is 19.1 Å². The molecule has 4 N–H and O–H groups in total. The van der Waals surface area contributed by atoms with E-state index in [1.165, 1.54) is 12.4 Å². The number of carbonyl (C=O) groups excluding carboxylic acids is 1. The fraction of sp³-hybridized carbons (Fsp3) is 0.615. The van der Waals surface area contributed by atoms with Crippen molar-refractivity contribution >= 4 is 12.0 Å². The normalized spacial score (nSPS) is 14.5. The number of ether oxygens (including phenoxy) is 1. The summed E-state index contributed by atoms with van der Waals surface area (Å²) in [5.74, 6) is 0.139. The third-order valence-corrected chi connectivity index (χ3v) is 2.76. The molecule has 0 aliphatic carbocycles. The predicted molar refractivity (Wildman–Crippen MR) is 75.4 cm³/mol. The average molecular weight is 282 g/mol. The molecule has 0 aliphatic rings. The van der Waals surface area contributed by atoms with Crippen LogP contribution in [0.15, 0.2) is 12.4 Å². The number of hydrogen-bond donors (Lipinski definition) is 3. The van der Waals surface area contributed by atoms with Gasteiger partial charge in [-0.05, 0) is 26.3 Å². The summed E-state index contributed by atoms with van der Waals surface area (Å²) in [6.45, 7) is 7.28. The van der Waals surface area contributed by atoms with Gasteiger partial charge >= 0.3 is 6.09 Å². The lowest BCUT2D eigenvalue weighted by Gasteiger charge is -2.25. The van der Waals surface area contributed by atoms with E-state index in [0.717, 1.165) is 0 Å². The molecule has 0 radical (unpaired) electrons. The molecule has 1 aromatic rings. The van der Waals surface area contributed by atoms with Gasteiger partial charge in [0.15, 0.2) is 0 Å². The number of rotatable bonds is 4. The van der Waals surface area contributed by atoms with E-state index in [1.54, 1.807) is 20.8 Å². The van der Waals surface area contributed by atoms with Crippen LogP contribution in [-0.2, 0) is 10.2 Å². The summed E-state index contributed by atoms with van der Waals surface area (Å²) in [5, 5.41) is 11.8. The van der Waals surface area contributed by atoms with Crippen LogP contribution in [0.4, 0.5) is 10.7 Å². The fourth-order valence-electron chi connectivity index (χ4n) is 1.37. The molecular weight excluding hydrogens is 260 g/mol. The molecule has 0 aliphatic heterocycles. The number of anilines is 1. The Morgan fingerprint density at radius 3 is 2.30 bits per heavy atom. The molecule has 1 unspecified atom stereocenters. The topological polar surface area (TPSA) is 110 Å². The number of hydrogen-bond acceptors (Lipinski definition) is 6. The number of nitrogens with one attached hydrogen (secondary N) is 1. The quantitative estimate of drug-likeness (QED) is 0.760. The number of nitrogens with two attached hydrogens (primary N) is 1. The highest BCUT2D eigenvalue weighted by molar-refractivity contribution is 5.82. The zero-order valence-corrected chi connectivity index (χ0v) is 12.3. The summed E-state index contributed by atoms with van der Waals surface area (Å²) in [4.78, 5) is 19.6. The van der Waals surface area contributed by atoms with Crippen LogP contribution in [0.1, 0.15) is 33.3 Å². The molecule has 7 nitrogen and oxygen atoms in total. The number of amides is 1. The largest absolute Gasteiger partial charge is 0.444 e. The molecule has 20 heavy (non-hydrogen) atoms. The van der Waals surface area contributed by atoms with Crippen molar-refractivity contribution in [3.63, 3.8) is 0 Å². The van der Waals surface area contributed by atoms with Gasteiger partial charge in [0.1, 0.15) is 5.60 Å². The monoisotopic (exact) mass is 282 g/mol. The number of aromatic nitrogens is 2. The van der Waals surface area contributed by atoms with E-state index in [0.29, 0.717) is 5.56 Å². The van der Waals surface area contributed by atoms with Crippen LogP contribution in [0.2, 0.25) is 0 Å². The fourth-order valence-corrected chi connectivity index (χ4v) is 1.37. The highest BCUT2D eigenvalue weighted by atomic mass is 16.6. The van der Waals surface area contributed by atoms with Crippen molar-refractivity contribution in [2.24, 2.45) is 5.73 Å². The van der Waals surface area contributed by atoms with Gasteiger partial charge in [-0.15, -0.1) is 0 Å². The molecule has 0 saturated heterocycles. The molecule has 0 fully saturated rings. The van der Waals surface area contributed by atoms with Crippen LogP contribution in [0.5, 0.6) is 0 Å². The van der Waals surface area contributed by atoms with E-state index >= 15 is 0 Å². The van der Waals surface area contributed by atoms with Crippen LogP contribution in [0, 0.1) is 0 Å². The Kier molecular flexibility index (Phi) is 5.02. The summed E-state index contributed by atoms with van der Waals surface area (Å²) < 4.78 is 5.09. The summed E-state index contributed by atoms with van der Waals surface area (Å²) >= 11 is 0. The molecule has 0 bridgehead atoms. The number of aliphatic hydroxyl groups excluding tert-OH is 1. The second-order valence-corrected chi connectivity index (χ2v) is 5.85. The van der Waals surface area contributed by atoms with Crippen LogP contribution in [-0.4, -0.2) is 39.9 Å². The molecule has 7 heteroatoms. The van der Waals surface area contributed by atoms with Crippen molar-refractivity contribution in [3.8, 4) is 0 Å². The summed E-state index contributed by atoms with van der Waals surface area (Å²) in [7, 11) is 0. The zero-order valence-electron chi connectivity index (χ0n) is 12.3. The van der Waals surface area contributed by atoms with Crippen molar-refractivity contribution in [1.82, 2.24) is 9.97 Å². The molecule has 0 saturated carbocycles. The average Bonchev–Trinajstić information content (AvgIpc) is 2.36. The molecule has 1 atom stereocenters. The van der Waals surface area contributed by atoms with Gasteiger partial charge in [-0.2, -0.15) is 0 Å². The molecule has 0 aromatic carbocycles. The maximum Gasteiger partial charge on any atom is 0.414 e. The Bertz CT molecular complexity index is 450. The van der Waals surface area contributed by atoms with Gasteiger partial charge in [0, 0.05) is 24.4 Å². The molecule has 1 amide bonds. The van der Waals surface area contributed by atoms with Crippen LogP contribution in [0.25, 0.3) is 0 Å². The molecule has 1 rings (SSSR count). The predicted octanol–water partition coefficient (Wildman–Crippen LogP) is 1.03. The van der Waals surface area contributed by atoms with Gasteiger partial charge in [-0.3, -0.25) is 5.32 Å². The van der Waals surface area contributed by atoms with Gasteiger partial charge in [0.2, 0.25) is 5.95 Å². The van der Waals surface area contributed by atoms with Gasteiger partial charge in [0.05, 0.1) is 6.61 Å². The van der Waals surface area contributed by atoms with Crippen LogP contribution in [0.3, 0.4) is 0 Å². The lowest BCUT2D eigenvalue weighted by molar-refractivity contribution is 0.0634. The number of aliphatic hydroxyl groups is 1. The Hall–Kier alpha value is -1.73. The van der Waals surface area contributed by atoms with E-state index in [9.17, 15) is 9.90 Å². The van der Waals surface area contributed by atoms with E-state index in [4.69, 9.17) is 10.5 Å². The first-order chi connectivity index (χ1) is 9.20. The Balaban J connectivity index is 2.75. The molecule has 0 spiro atoms. The Labute approximate surface area is 118 Å². The minimum atomic E-state index is -0.617. The molecule has 1 heterocycles. The lowest BCUT2D eigenvalue weighted by atomic mass is 9.85. The second-order valence-electron chi connectivity index (χ2n) is 5.85. The SMILES string of the molecule is CC(C)(C)OC(=O)Nc1ncc(C(C)(CN)CO)cn1. The minimum Gasteiger partial charge on any atom is -0.444 e. The maximum atomic E-state index is 11.5. The summed E-state index contributed by atoms with van der Waals surface area (Å²) in [6.07, 6.45) is 2.44. The third-order valence-electron chi connectivity index (χ3n) is 2.76. The highest BCUT2D eigenvalue weighted by Crippen LogP contribution is 2.20. The maximum absolute atomic E-state index is 11.5. The Morgan fingerprint density at radius 2 is 1.90 bits per heavy atom. The van der Waals surface area contributed by atoms with Gasteiger partial charge < -0.3 is 15.6 Å². The van der Waals surface area contributed by atoms with E-state index in [1.807, 2.05) is 6.92 Å². The standard InChI is InChI=1S/C13H22N4O3/c1-12(2,3)20-11(19)17-10-15-5-9(6-16-10)13(4,7-14)8-18/h5-6,18H,7-8,14H2,1-4H3,(H,15,16,17,19). The van der Waals surface area contributed by atoms with Crippen molar-refractivity contribution in [2.75, 3.05) is 18.5 Å². The molecule has 1 aromatic heterocycles. The first-order valence-corrected chi connectivity index (χ1v) is 6.33. The Morgan fingerprint density at radius 1 is 1.35 bits per heavy atom. The second kappa shape index (κ2) is 6.15. The van der Waals surface area contributed by atoms with Crippen molar-refractivity contribution < 1.29 is 14.6 Å². The van der Waals surface area contributed by atoms with E-state index in [2.05, 4.69) is 15.3 Å². The van der Waals surface area contributed by atoms with Crippen molar-refractivity contribution in [1.29, 1.82) is 0 Å². The molecular formula is C13H22N4O3. The van der Waals surface area contributed by atoms with Gasteiger partial charge in [-0.1, -0.05) is 6.92 Å². The smallest absolute Gasteiger partial charge is 0.414 e. The third kappa shape index (κ3) is 4.43. The minimum absolute atomic E-state index is 0.105. The molecule has 112 valence electrons. The summed E-state index contributed by atoms with van der Waals surface area (Å²) in [6, 6.07) is 0.